The Morgan fingerprint density at radius 2 is 1.76 bits per heavy atom. The highest BCUT2D eigenvalue weighted by Crippen LogP contribution is 2.31. The van der Waals surface area contributed by atoms with Gasteiger partial charge in [-0.05, 0) is 68.6 Å². The van der Waals surface area contributed by atoms with Crippen molar-refractivity contribution in [2.45, 2.75) is 38.3 Å². The largest absolute Gasteiger partial charge is 0.493 e. The number of fused-ring (bicyclic) bond motifs is 2. The van der Waals surface area contributed by atoms with Crippen LogP contribution in [0.2, 0.25) is 0 Å². The number of ether oxygens (including phenoxy) is 1. The Balaban J connectivity index is 0.998. The van der Waals surface area contributed by atoms with Crippen molar-refractivity contribution in [2.75, 3.05) is 50.8 Å². The van der Waals surface area contributed by atoms with Gasteiger partial charge in [-0.25, -0.2) is 0 Å². The zero-order valence-corrected chi connectivity index (χ0v) is 19.4. The summed E-state index contributed by atoms with van der Waals surface area (Å²) in [6.07, 6.45) is 5.13. The van der Waals surface area contributed by atoms with Crippen molar-refractivity contribution in [1.82, 2.24) is 15.0 Å². The Morgan fingerprint density at radius 1 is 0.909 bits per heavy atom. The number of aromatic nitrogens is 1. The van der Waals surface area contributed by atoms with Gasteiger partial charge >= 0.3 is 0 Å². The summed E-state index contributed by atoms with van der Waals surface area (Å²) in [6, 6.07) is 17.5. The number of rotatable bonds is 6. The molecule has 4 heterocycles. The van der Waals surface area contributed by atoms with E-state index >= 15 is 0 Å². The van der Waals surface area contributed by atoms with Crippen LogP contribution in [0.25, 0.3) is 11.0 Å². The average molecular weight is 447 g/mol. The van der Waals surface area contributed by atoms with Gasteiger partial charge in [-0.1, -0.05) is 29.4 Å². The molecule has 6 heteroatoms. The maximum atomic E-state index is 6.21. The van der Waals surface area contributed by atoms with Gasteiger partial charge in [0.05, 0.1) is 12.0 Å². The molecule has 0 unspecified atom stereocenters. The van der Waals surface area contributed by atoms with E-state index in [0.29, 0.717) is 12.0 Å². The molecule has 3 aromatic rings. The lowest BCUT2D eigenvalue weighted by Gasteiger charge is -2.46. The highest BCUT2D eigenvalue weighted by Gasteiger charge is 2.34. The van der Waals surface area contributed by atoms with E-state index < -0.39 is 0 Å². The predicted molar refractivity (Wildman–Crippen MR) is 131 cm³/mol. The number of benzene rings is 2. The smallest absolute Gasteiger partial charge is 0.180 e. The molecule has 2 atom stereocenters. The molecule has 0 bridgehead atoms. The molecule has 0 radical (unpaired) electrons. The molecule has 6 nitrogen and oxygen atoms in total. The van der Waals surface area contributed by atoms with Crippen LogP contribution in [-0.2, 0) is 6.54 Å². The summed E-state index contributed by atoms with van der Waals surface area (Å²) in [5, 5.41) is 5.50. The molecule has 3 aliphatic rings. The number of hydrogen-bond acceptors (Lipinski definition) is 6. The molecule has 2 aromatic carbocycles. The van der Waals surface area contributed by atoms with E-state index in [2.05, 4.69) is 56.3 Å². The fraction of sp³-hybridized carbons (Fsp3) is 0.519. The van der Waals surface area contributed by atoms with Crippen LogP contribution < -0.4 is 9.64 Å². The SMILES string of the molecule is c1ccc2c(N3CCN4C[C@H](COc5ccc(CN6CCCC6)cc5)CC[C@H]4C3)noc2c1. The van der Waals surface area contributed by atoms with Gasteiger partial charge < -0.3 is 14.2 Å². The third-order valence-corrected chi connectivity index (χ3v) is 7.68. The lowest BCUT2D eigenvalue weighted by molar-refractivity contribution is 0.0727. The molecule has 0 saturated carbocycles. The Kier molecular flexibility index (Phi) is 5.95. The normalized spacial score (nSPS) is 24.3. The minimum atomic E-state index is 0.593. The first-order valence-corrected chi connectivity index (χ1v) is 12.6. The third-order valence-electron chi connectivity index (χ3n) is 7.68. The van der Waals surface area contributed by atoms with Gasteiger partial charge in [-0.2, -0.15) is 0 Å². The minimum Gasteiger partial charge on any atom is -0.493 e. The molecular weight excluding hydrogens is 412 g/mol. The summed E-state index contributed by atoms with van der Waals surface area (Å²) in [6.45, 7) is 8.60. The van der Waals surface area contributed by atoms with Crippen molar-refractivity contribution in [1.29, 1.82) is 0 Å². The lowest BCUT2D eigenvalue weighted by Crippen LogP contribution is -2.57. The molecule has 174 valence electrons. The number of hydrogen-bond donors (Lipinski definition) is 0. The molecule has 3 fully saturated rings. The van der Waals surface area contributed by atoms with Gasteiger partial charge in [-0.3, -0.25) is 9.80 Å². The third kappa shape index (κ3) is 4.59. The summed E-state index contributed by atoms with van der Waals surface area (Å²) in [5.41, 5.74) is 2.27. The van der Waals surface area contributed by atoms with Crippen LogP contribution in [0.1, 0.15) is 31.2 Å². The summed E-state index contributed by atoms with van der Waals surface area (Å²) in [7, 11) is 0. The van der Waals surface area contributed by atoms with Crippen LogP contribution in [-0.4, -0.2) is 66.9 Å². The monoisotopic (exact) mass is 446 g/mol. The van der Waals surface area contributed by atoms with E-state index in [0.717, 1.165) is 61.9 Å². The van der Waals surface area contributed by atoms with Crippen LogP contribution in [0.5, 0.6) is 5.75 Å². The first-order valence-electron chi connectivity index (χ1n) is 12.6. The number of nitrogens with zero attached hydrogens (tertiary/aromatic N) is 4. The Bertz CT molecular complexity index is 1060. The predicted octanol–water partition coefficient (Wildman–Crippen LogP) is 4.40. The number of anilines is 1. The van der Waals surface area contributed by atoms with Crippen molar-refractivity contribution in [3.8, 4) is 5.75 Å². The van der Waals surface area contributed by atoms with E-state index in [1.54, 1.807) is 0 Å². The molecule has 3 aliphatic heterocycles. The number of piperazine rings is 1. The van der Waals surface area contributed by atoms with Gasteiger partial charge in [0.25, 0.3) is 0 Å². The van der Waals surface area contributed by atoms with Crippen molar-refractivity contribution < 1.29 is 9.26 Å². The maximum absolute atomic E-state index is 6.21. The van der Waals surface area contributed by atoms with Gasteiger partial charge in [-0.15, -0.1) is 0 Å². The number of piperidine rings is 1. The molecule has 33 heavy (non-hydrogen) atoms. The fourth-order valence-electron chi connectivity index (χ4n) is 5.79. The lowest BCUT2D eigenvalue weighted by atomic mass is 9.91. The number of likely N-dealkylation sites (tertiary alicyclic amines) is 1. The van der Waals surface area contributed by atoms with Crippen LogP contribution in [0.3, 0.4) is 0 Å². The average Bonchev–Trinajstić information content (AvgIpc) is 3.53. The second kappa shape index (κ2) is 9.35. The fourth-order valence-corrected chi connectivity index (χ4v) is 5.79. The molecule has 0 aliphatic carbocycles. The molecule has 0 amide bonds. The van der Waals surface area contributed by atoms with Crippen LogP contribution >= 0.6 is 0 Å². The van der Waals surface area contributed by atoms with Crippen molar-refractivity contribution in [3.63, 3.8) is 0 Å². The summed E-state index contributed by atoms with van der Waals surface area (Å²) in [4.78, 5) is 7.61. The van der Waals surface area contributed by atoms with Crippen molar-refractivity contribution in [3.05, 3.63) is 54.1 Å². The molecular formula is C27H34N4O2. The van der Waals surface area contributed by atoms with Gasteiger partial charge in [0, 0.05) is 44.7 Å². The first-order chi connectivity index (χ1) is 16.3. The molecule has 3 saturated heterocycles. The Labute approximate surface area is 196 Å². The van der Waals surface area contributed by atoms with Crippen molar-refractivity contribution >= 4 is 16.8 Å². The maximum Gasteiger partial charge on any atom is 0.180 e. The minimum absolute atomic E-state index is 0.593. The summed E-state index contributed by atoms with van der Waals surface area (Å²) >= 11 is 0. The number of para-hydroxylation sites is 1. The Morgan fingerprint density at radius 3 is 2.64 bits per heavy atom. The summed E-state index contributed by atoms with van der Waals surface area (Å²) < 4.78 is 11.8. The van der Waals surface area contributed by atoms with E-state index in [-0.39, 0.29) is 0 Å². The second-order valence-electron chi connectivity index (χ2n) is 9.98. The Hall–Kier alpha value is -2.57. The van der Waals surface area contributed by atoms with Gasteiger partial charge in [0.1, 0.15) is 5.75 Å². The standard InChI is InChI=1S/C27H34N4O2/c1-2-6-26-25(5-1)27(28-33-26)31-16-15-30-18-22(7-10-23(30)19-31)20-32-24-11-8-21(9-12-24)17-29-13-3-4-14-29/h1-2,5-6,8-9,11-12,22-23H,3-4,7,10,13-20H2/t22-,23+/m1/s1. The van der Waals surface area contributed by atoms with Crippen LogP contribution in [0.4, 0.5) is 5.82 Å². The van der Waals surface area contributed by atoms with E-state index in [4.69, 9.17) is 9.26 Å². The van der Waals surface area contributed by atoms with E-state index in [1.807, 2.05) is 12.1 Å². The highest BCUT2D eigenvalue weighted by atomic mass is 16.5. The highest BCUT2D eigenvalue weighted by molar-refractivity contribution is 5.88. The van der Waals surface area contributed by atoms with E-state index in [1.165, 1.54) is 44.3 Å². The van der Waals surface area contributed by atoms with E-state index in [9.17, 15) is 0 Å². The molecule has 1 aromatic heterocycles. The summed E-state index contributed by atoms with van der Waals surface area (Å²) in [5.74, 6) is 2.61. The molecule has 0 spiro atoms. The second-order valence-corrected chi connectivity index (χ2v) is 9.98. The first kappa shape index (κ1) is 21.0. The van der Waals surface area contributed by atoms with Crippen molar-refractivity contribution in [2.24, 2.45) is 5.92 Å². The quantitative estimate of drug-likeness (QED) is 0.559. The molecule has 6 rings (SSSR count). The van der Waals surface area contributed by atoms with Gasteiger partial charge in [0.2, 0.25) is 0 Å². The van der Waals surface area contributed by atoms with Crippen LogP contribution in [0.15, 0.2) is 53.1 Å². The van der Waals surface area contributed by atoms with Crippen LogP contribution in [0, 0.1) is 5.92 Å². The topological polar surface area (TPSA) is 45.0 Å². The molecule has 0 N–H and O–H groups in total. The zero-order chi connectivity index (χ0) is 22.0. The zero-order valence-electron chi connectivity index (χ0n) is 19.4. The van der Waals surface area contributed by atoms with Gasteiger partial charge in [0.15, 0.2) is 11.4 Å².